The molecule has 74 valence electrons. The van der Waals surface area contributed by atoms with Gasteiger partial charge in [-0.3, -0.25) is 0 Å². The number of nitrogens with one attached hydrogen (secondary N) is 1. The Kier molecular flexibility index (Phi) is 4.19. The van der Waals surface area contributed by atoms with Crippen molar-refractivity contribution in [2.75, 3.05) is 6.54 Å². The van der Waals surface area contributed by atoms with E-state index in [1.807, 2.05) is 12.1 Å². The summed E-state index contributed by atoms with van der Waals surface area (Å²) >= 11 is 3.52. The van der Waals surface area contributed by atoms with Crippen LogP contribution in [0.4, 0.5) is 0 Å². The zero-order chi connectivity index (χ0) is 10.6. The van der Waals surface area contributed by atoms with Crippen LogP contribution >= 0.6 is 15.9 Å². The van der Waals surface area contributed by atoms with E-state index in [0.717, 1.165) is 16.6 Å². The van der Waals surface area contributed by atoms with Gasteiger partial charge in [-0.25, -0.2) is 0 Å². The maximum Gasteiger partial charge on any atom is 0.0956 e. The van der Waals surface area contributed by atoms with E-state index in [1.165, 1.54) is 5.56 Å². The summed E-state index contributed by atoms with van der Waals surface area (Å²) in [6, 6.07) is 6.10. The van der Waals surface area contributed by atoms with Crippen molar-refractivity contribution in [3.05, 3.63) is 33.8 Å². The molecule has 2 heteroatoms. The number of benzene rings is 1. The first kappa shape index (κ1) is 11.3. The van der Waals surface area contributed by atoms with Crippen molar-refractivity contribution >= 4 is 15.9 Å². The van der Waals surface area contributed by atoms with Crippen molar-refractivity contribution in [3.8, 4) is 12.3 Å². The molecule has 0 saturated heterocycles. The number of hydrogen-bond donors (Lipinski definition) is 1. The molecular formula is C12H14BrN. The fourth-order valence-electron chi connectivity index (χ4n) is 1.46. The summed E-state index contributed by atoms with van der Waals surface area (Å²) in [5.74, 6) is 2.76. The monoisotopic (exact) mass is 251 g/mol. The predicted octanol–water partition coefficient (Wildman–Crippen LogP) is 3.04. The van der Waals surface area contributed by atoms with E-state index in [-0.39, 0.29) is 6.04 Å². The van der Waals surface area contributed by atoms with Crippen LogP contribution in [0.5, 0.6) is 0 Å². The van der Waals surface area contributed by atoms with Gasteiger partial charge in [-0.15, -0.1) is 6.42 Å². The normalized spacial score (nSPS) is 12.1. The standard InChI is InChI=1S/C12H14BrN/c1-4-11(14-5-2)12-9(3)7-6-8-10(12)13/h1,6-8,11,14H,5H2,2-3H3. The largest absolute Gasteiger partial charge is 0.300 e. The van der Waals surface area contributed by atoms with Gasteiger partial charge in [0, 0.05) is 4.47 Å². The fourth-order valence-corrected chi connectivity index (χ4v) is 2.15. The van der Waals surface area contributed by atoms with Crippen molar-refractivity contribution in [1.29, 1.82) is 0 Å². The Morgan fingerprint density at radius 1 is 1.57 bits per heavy atom. The van der Waals surface area contributed by atoms with E-state index >= 15 is 0 Å². The molecule has 0 amide bonds. The van der Waals surface area contributed by atoms with Crippen LogP contribution in [0.25, 0.3) is 0 Å². The highest BCUT2D eigenvalue weighted by Gasteiger charge is 2.12. The molecule has 1 unspecified atom stereocenters. The van der Waals surface area contributed by atoms with E-state index < -0.39 is 0 Å². The third-order valence-corrected chi connectivity index (χ3v) is 2.83. The lowest BCUT2D eigenvalue weighted by molar-refractivity contribution is 0.659. The smallest absolute Gasteiger partial charge is 0.0956 e. The maximum absolute atomic E-state index is 5.50. The Morgan fingerprint density at radius 2 is 2.29 bits per heavy atom. The van der Waals surface area contributed by atoms with Crippen LogP contribution in [0.1, 0.15) is 24.1 Å². The van der Waals surface area contributed by atoms with Crippen molar-refractivity contribution in [2.45, 2.75) is 19.9 Å². The first-order chi connectivity index (χ1) is 6.70. The third kappa shape index (κ3) is 2.37. The molecule has 14 heavy (non-hydrogen) atoms. The zero-order valence-corrected chi connectivity index (χ0v) is 10.1. The predicted molar refractivity (Wildman–Crippen MR) is 64.1 cm³/mol. The second-order valence-electron chi connectivity index (χ2n) is 3.13. The molecule has 0 aliphatic carbocycles. The average molecular weight is 252 g/mol. The van der Waals surface area contributed by atoms with E-state index in [1.54, 1.807) is 0 Å². The van der Waals surface area contributed by atoms with E-state index in [0.29, 0.717) is 0 Å². The topological polar surface area (TPSA) is 12.0 Å². The molecule has 1 N–H and O–H groups in total. The highest BCUT2D eigenvalue weighted by molar-refractivity contribution is 9.10. The number of aryl methyl sites for hydroxylation is 1. The summed E-state index contributed by atoms with van der Waals surface area (Å²) in [5, 5.41) is 3.26. The van der Waals surface area contributed by atoms with Crippen molar-refractivity contribution in [1.82, 2.24) is 5.32 Å². The molecule has 0 aliphatic rings. The van der Waals surface area contributed by atoms with E-state index in [9.17, 15) is 0 Å². The molecule has 1 atom stereocenters. The van der Waals surface area contributed by atoms with Gasteiger partial charge >= 0.3 is 0 Å². The quantitative estimate of drug-likeness (QED) is 0.815. The Morgan fingerprint density at radius 3 is 2.79 bits per heavy atom. The van der Waals surface area contributed by atoms with Gasteiger partial charge in [-0.1, -0.05) is 40.9 Å². The third-order valence-electron chi connectivity index (χ3n) is 2.13. The second kappa shape index (κ2) is 5.19. The van der Waals surface area contributed by atoms with Gasteiger partial charge in [-0.2, -0.15) is 0 Å². The van der Waals surface area contributed by atoms with Crippen LogP contribution in [0, 0.1) is 19.3 Å². The lowest BCUT2D eigenvalue weighted by atomic mass is 10.0. The van der Waals surface area contributed by atoms with Gasteiger partial charge in [0.15, 0.2) is 0 Å². The van der Waals surface area contributed by atoms with Gasteiger partial charge in [0.25, 0.3) is 0 Å². The summed E-state index contributed by atoms with van der Waals surface area (Å²) in [6.45, 7) is 4.99. The highest BCUT2D eigenvalue weighted by Crippen LogP contribution is 2.26. The van der Waals surface area contributed by atoms with Crippen molar-refractivity contribution in [3.63, 3.8) is 0 Å². The summed E-state index contributed by atoms with van der Waals surface area (Å²) in [7, 11) is 0. The van der Waals surface area contributed by atoms with Gasteiger partial charge in [0.05, 0.1) is 6.04 Å². The van der Waals surface area contributed by atoms with Crippen LogP contribution in [-0.4, -0.2) is 6.54 Å². The van der Waals surface area contributed by atoms with E-state index in [4.69, 9.17) is 6.42 Å². The second-order valence-corrected chi connectivity index (χ2v) is 3.98. The molecule has 0 radical (unpaired) electrons. The molecule has 0 aromatic heterocycles. The number of rotatable bonds is 3. The minimum atomic E-state index is -0.00410. The molecular weight excluding hydrogens is 238 g/mol. The van der Waals surface area contributed by atoms with Crippen molar-refractivity contribution in [2.24, 2.45) is 0 Å². The Bertz CT molecular complexity index is 332. The summed E-state index contributed by atoms with van der Waals surface area (Å²) in [4.78, 5) is 0. The van der Waals surface area contributed by atoms with Gasteiger partial charge in [0.1, 0.15) is 0 Å². The van der Waals surface area contributed by atoms with E-state index in [2.05, 4.69) is 47.1 Å². The lowest BCUT2D eigenvalue weighted by Crippen LogP contribution is -2.20. The molecule has 1 nitrogen and oxygen atoms in total. The lowest BCUT2D eigenvalue weighted by Gasteiger charge is -2.16. The molecule has 0 heterocycles. The summed E-state index contributed by atoms with van der Waals surface area (Å²) in [5.41, 5.74) is 2.38. The first-order valence-electron chi connectivity index (χ1n) is 4.65. The zero-order valence-electron chi connectivity index (χ0n) is 8.47. The highest BCUT2D eigenvalue weighted by atomic mass is 79.9. The minimum Gasteiger partial charge on any atom is -0.300 e. The van der Waals surface area contributed by atoms with Gasteiger partial charge in [-0.05, 0) is 30.7 Å². The molecule has 1 rings (SSSR count). The first-order valence-corrected chi connectivity index (χ1v) is 5.44. The van der Waals surface area contributed by atoms with Crippen LogP contribution in [-0.2, 0) is 0 Å². The van der Waals surface area contributed by atoms with Gasteiger partial charge in [0.2, 0.25) is 0 Å². The molecule has 0 saturated carbocycles. The number of halogens is 1. The average Bonchev–Trinajstić information content (AvgIpc) is 2.16. The summed E-state index contributed by atoms with van der Waals surface area (Å²) in [6.07, 6.45) is 5.50. The van der Waals surface area contributed by atoms with Crippen molar-refractivity contribution < 1.29 is 0 Å². The van der Waals surface area contributed by atoms with Crippen LogP contribution in [0.3, 0.4) is 0 Å². The Labute approximate surface area is 94.0 Å². The van der Waals surface area contributed by atoms with Crippen LogP contribution < -0.4 is 5.32 Å². The Balaban J connectivity index is 3.10. The van der Waals surface area contributed by atoms with Gasteiger partial charge < -0.3 is 5.32 Å². The minimum absolute atomic E-state index is 0.00410. The molecule has 0 aliphatic heterocycles. The van der Waals surface area contributed by atoms with Crippen LogP contribution in [0.2, 0.25) is 0 Å². The number of hydrogen-bond acceptors (Lipinski definition) is 1. The van der Waals surface area contributed by atoms with Crippen LogP contribution in [0.15, 0.2) is 22.7 Å². The maximum atomic E-state index is 5.50. The Hall–Kier alpha value is -0.780. The SMILES string of the molecule is C#CC(NCC)c1c(C)cccc1Br. The summed E-state index contributed by atoms with van der Waals surface area (Å²) < 4.78 is 1.07. The molecule has 0 fully saturated rings. The number of terminal acetylenes is 1. The molecule has 0 spiro atoms. The molecule has 1 aromatic rings. The molecule has 1 aromatic carbocycles. The molecule has 0 bridgehead atoms. The fraction of sp³-hybridized carbons (Fsp3) is 0.333.